The molecule has 1 saturated heterocycles. The molecule has 1 fully saturated rings. The molecule has 20 heavy (non-hydrogen) atoms. The molecule has 0 bridgehead atoms. The molecule has 2 rings (SSSR count). The van der Waals surface area contributed by atoms with Gasteiger partial charge in [0, 0.05) is 13.1 Å². The number of hydrogen-bond donors (Lipinski definition) is 1. The molecular formula is C15H24N2O2S. The Balaban J connectivity index is 1.78. The third-order valence-electron chi connectivity index (χ3n) is 3.62. The minimum atomic E-state index is -0.151. The number of rotatable bonds is 6. The fraction of sp³-hybridized carbons (Fsp3) is 0.667. The topological polar surface area (TPSA) is 45.5 Å². The Labute approximate surface area is 125 Å². The summed E-state index contributed by atoms with van der Waals surface area (Å²) in [7, 11) is 0. The average Bonchev–Trinajstić information content (AvgIpc) is 2.93. The maximum atomic E-state index is 12.3. The molecule has 1 aromatic rings. The first-order valence-electron chi connectivity index (χ1n) is 7.29. The zero-order valence-corrected chi connectivity index (χ0v) is 13.2. The van der Waals surface area contributed by atoms with Crippen LogP contribution in [-0.4, -0.2) is 36.2 Å². The van der Waals surface area contributed by atoms with Crippen LogP contribution in [0.4, 0.5) is 0 Å². The molecule has 112 valence electrons. The summed E-state index contributed by atoms with van der Waals surface area (Å²) in [4.78, 5) is 14.2. The highest BCUT2D eigenvalue weighted by Gasteiger charge is 2.21. The Morgan fingerprint density at radius 3 is 2.75 bits per heavy atom. The molecule has 2 heterocycles. The van der Waals surface area contributed by atoms with E-state index in [4.69, 9.17) is 4.42 Å². The molecular weight excluding hydrogens is 272 g/mol. The molecule has 1 N–H and O–H groups in total. The van der Waals surface area contributed by atoms with Gasteiger partial charge in [0.05, 0.1) is 18.3 Å². The van der Waals surface area contributed by atoms with E-state index in [1.54, 1.807) is 11.8 Å². The van der Waals surface area contributed by atoms with Crippen molar-refractivity contribution in [2.24, 2.45) is 0 Å². The van der Waals surface area contributed by atoms with Gasteiger partial charge in [-0.2, -0.15) is 11.8 Å². The Morgan fingerprint density at radius 2 is 2.05 bits per heavy atom. The maximum Gasteiger partial charge on any atom is 0.239 e. The molecule has 1 unspecified atom stereocenters. The van der Waals surface area contributed by atoms with E-state index in [-0.39, 0.29) is 11.9 Å². The number of furan rings is 1. The largest absolute Gasteiger partial charge is 0.464 e. The normalized spacial score (nSPS) is 17.2. The number of carbonyl (C=O) groups is 1. The molecule has 1 amide bonds. The SMILES string of the molecule is CSCc1ccc(CNC(C)C(=O)N2CCCCC2)o1. The van der Waals surface area contributed by atoms with Crippen molar-refractivity contribution in [3.63, 3.8) is 0 Å². The lowest BCUT2D eigenvalue weighted by molar-refractivity contribution is -0.134. The summed E-state index contributed by atoms with van der Waals surface area (Å²) in [6, 6.07) is 3.84. The second-order valence-electron chi connectivity index (χ2n) is 5.29. The number of nitrogens with one attached hydrogen (secondary N) is 1. The maximum absolute atomic E-state index is 12.3. The van der Waals surface area contributed by atoms with E-state index in [9.17, 15) is 4.79 Å². The van der Waals surface area contributed by atoms with Crippen molar-refractivity contribution in [1.29, 1.82) is 0 Å². The zero-order chi connectivity index (χ0) is 14.4. The Hall–Kier alpha value is -0.940. The van der Waals surface area contributed by atoms with Crippen LogP contribution in [0.15, 0.2) is 16.5 Å². The predicted molar refractivity (Wildman–Crippen MR) is 82.7 cm³/mol. The lowest BCUT2D eigenvalue weighted by Gasteiger charge is -2.29. The van der Waals surface area contributed by atoms with Crippen molar-refractivity contribution in [3.05, 3.63) is 23.7 Å². The second-order valence-corrected chi connectivity index (χ2v) is 6.16. The van der Waals surface area contributed by atoms with E-state index >= 15 is 0 Å². The molecule has 1 atom stereocenters. The first-order chi connectivity index (χ1) is 9.70. The summed E-state index contributed by atoms with van der Waals surface area (Å²) < 4.78 is 5.69. The number of hydrogen-bond acceptors (Lipinski definition) is 4. The van der Waals surface area contributed by atoms with Gasteiger partial charge in [-0.15, -0.1) is 0 Å². The summed E-state index contributed by atoms with van der Waals surface area (Å²) in [6.07, 6.45) is 5.57. The molecule has 0 aliphatic carbocycles. The van der Waals surface area contributed by atoms with Gasteiger partial charge in [-0.05, 0) is 44.6 Å². The average molecular weight is 296 g/mol. The number of nitrogens with zero attached hydrogens (tertiary/aromatic N) is 1. The predicted octanol–water partition coefficient (Wildman–Crippen LogP) is 2.63. The number of thioether (sulfide) groups is 1. The molecule has 0 spiro atoms. The summed E-state index contributed by atoms with van der Waals surface area (Å²) >= 11 is 1.74. The van der Waals surface area contributed by atoms with Gasteiger partial charge in [-0.3, -0.25) is 10.1 Å². The summed E-state index contributed by atoms with van der Waals surface area (Å²) in [5.74, 6) is 2.99. The van der Waals surface area contributed by atoms with Crippen molar-refractivity contribution in [1.82, 2.24) is 10.2 Å². The van der Waals surface area contributed by atoms with Gasteiger partial charge in [-0.1, -0.05) is 0 Å². The highest BCUT2D eigenvalue weighted by Crippen LogP contribution is 2.14. The van der Waals surface area contributed by atoms with Gasteiger partial charge in [-0.25, -0.2) is 0 Å². The minimum absolute atomic E-state index is 0.151. The number of piperidine rings is 1. The van der Waals surface area contributed by atoms with Crippen LogP contribution in [-0.2, 0) is 17.1 Å². The second kappa shape index (κ2) is 7.74. The first-order valence-corrected chi connectivity index (χ1v) is 8.69. The summed E-state index contributed by atoms with van der Waals surface area (Å²) in [6.45, 7) is 4.35. The van der Waals surface area contributed by atoms with Crippen LogP contribution in [0, 0.1) is 0 Å². The van der Waals surface area contributed by atoms with E-state index in [2.05, 4.69) is 11.6 Å². The standard InChI is InChI=1S/C15H24N2O2S/c1-12(15(18)17-8-4-3-5-9-17)16-10-13-6-7-14(19-13)11-20-2/h6-7,12,16H,3-5,8-11H2,1-2H3. The molecule has 5 heteroatoms. The van der Waals surface area contributed by atoms with Gasteiger partial charge in [0.1, 0.15) is 11.5 Å². The van der Waals surface area contributed by atoms with Crippen molar-refractivity contribution in [3.8, 4) is 0 Å². The number of carbonyl (C=O) groups excluding carboxylic acids is 1. The smallest absolute Gasteiger partial charge is 0.239 e. The fourth-order valence-electron chi connectivity index (χ4n) is 2.47. The van der Waals surface area contributed by atoms with E-state index < -0.39 is 0 Å². The monoisotopic (exact) mass is 296 g/mol. The van der Waals surface area contributed by atoms with Crippen LogP contribution in [0.3, 0.4) is 0 Å². The highest BCUT2D eigenvalue weighted by atomic mass is 32.2. The lowest BCUT2D eigenvalue weighted by atomic mass is 10.1. The molecule has 0 aromatic carbocycles. The Kier molecular flexibility index (Phi) is 5.98. The molecule has 1 aliphatic heterocycles. The third-order valence-corrected chi connectivity index (χ3v) is 4.20. The molecule has 1 aromatic heterocycles. The van der Waals surface area contributed by atoms with Crippen molar-refractivity contribution >= 4 is 17.7 Å². The van der Waals surface area contributed by atoms with Crippen LogP contribution in [0.5, 0.6) is 0 Å². The molecule has 1 aliphatic rings. The van der Waals surface area contributed by atoms with Gasteiger partial charge in [0.15, 0.2) is 0 Å². The third kappa shape index (κ3) is 4.28. The van der Waals surface area contributed by atoms with Crippen LogP contribution < -0.4 is 5.32 Å². The number of amides is 1. The minimum Gasteiger partial charge on any atom is -0.464 e. The van der Waals surface area contributed by atoms with Gasteiger partial charge >= 0.3 is 0 Å². The molecule has 0 radical (unpaired) electrons. The summed E-state index contributed by atoms with van der Waals surface area (Å²) in [5.41, 5.74) is 0. The highest BCUT2D eigenvalue weighted by molar-refractivity contribution is 7.97. The quantitative estimate of drug-likeness (QED) is 0.876. The van der Waals surface area contributed by atoms with E-state index in [0.29, 0.717) is 6.54 Å². The van der Waals surface area contributed by atoms with Gasteiger partial charge < -0.3 is 9.32 Å². The molecule has 0 saturated carbocycles. The Bertz CT molecular complexity index is 427. The van der Waals surface area contributed by atoms with Gasteiger partial charge in [0.2, 0.25) is 5.91 Å². The van der Waals surface area contributed by atoms with Crippen LogP contribution in [0.2, 0.25) is 0 Å². The van der Waals surface area contributed by atoms with Crippen molar-refractivity contribution < 1.29 is 9.21 Å². The van der Waals surface area contributed by atoms with E-state index in [1.807, 2.05) is 24.0 Å². The molecule has 4 nitrogen and oxygen atoms in total. The summed E-state index contributed by atoms with van der Waals surface area (Å²) in [5, 5.41) is 3.26. The zero-order valence-electron chi connectivity index (χ0n) is 12.4. The van der Waals surface area contributed by atoms with Crippen LogP contribution in [0.1, 0.15) is 37.7 Å². The fourth-order valence-corrected chi connectivity index (χ4v) is 2.91. The van der Waals surface area contributed by atoms with Crippen molar-refractivity contribution in [2.45, 2.75) is 44.5 Å². The van der Waals surface area contributed by atoms with Crippen LogP contribution in [0.25, 0.3) is 0 Å². The van der Waals surface area contributed by atoms with E-state index in [0.717, 1.165) is 43.2 Å². The van der Waals surface area contributed by atoms with Crippen LogP contribution >= 0.6 is 11.8 Å². The van der Waals surface area contributed by atoms with Crippen molar-refractivity contribution in [2.75, 3.05) is 19.3 Å². The number of likely N-dealkylation sites (tertiary alicyclic amines) is 1. The first kappa shape index (κ1) is 15.4. The van der Waals surface area contributed by atoms with Gasteiger partial charge in [0.25, 0.3) is 0 Å². The lowest BCUT2D eigenvalue weighted by Crippen LogP contribution is -2.46. The Morgan fingerprint density at radius 1 is 1.35 bits per heavy atom. The van der Waals surface area contributed by atoms with E-state index in [1.165, 1.54) is 6.42 Å².